The fourth-order valence-corrected chi connectivity index (χ4v) is 5.33. The van der Waals surface area contributed by atoms with Crippen molar-refractivity contribution < 1.29 is 23.9 Å². The third-order valence-electron chi connectivity index (χ3n) is 7.40. The van der Waals surface area contributed by atoms with E-state index < -0.39 is 12.1 Å². The number of rotatable bonds is 6. The number of ether oxygens (including phenoxy) is 2. The summed E-state index contributed by atoms with van der Waals surface area (Å²) in [6.07, 6.45) is 0.565. The number of nitrogens with one attached hydrogen (secondary N) is 1. The van der Waals surface area contributed by atoms with E-state index in [1.54, 1.807) is 78.7 Å². The van der Waals surface area contributed by atoms with E-state index in [4.69, 9.17) is 21.1 Å². The van der Waals surface area contributed by atoms with Crippen LogP contribution >= 0.6 is 11.6 Å². The Balaban J connectivity index is 1.38. The number of nitrogens with zero attached hydrogens (tertiary/aromatic N) is 1. The second-order valence-electron chi connectivity index (χ2n) is 10.2. The molecule has 0 aromatic heterocycles. The number of fused-ring (bicyclic) bond motifs is 1. The zero-order valence-corrected chi connectivity index (χ0v) is 24.4. The van der Waals surface area contributed by atoms with Gasteiger partial charge in [-0.2, -0.15) is 0 Å². The fourth-order valence-electron chi connectivity index (χ4n) is 5.15. The third-order valence-corrected chi connectivity index (χ3v) is 7.63. The topological polar surface area (TPSA) is 84.9 Å². The Labute approximate surface area is 250 Å². The lowest BCUT2D eigenvalue weighted by molar-refractivity contribution is 0.0279. The molecule has 0 saturated carbocycles. The molecule has 4 aromatic rings. The van der Waals surface area contributed by atoms with E-state index in [-0.39, 0.29) is 11.8 Å². The van der Waals surface area contributed by atoms with E-state index >= 15 is 0 Å². The van der Waals surface area contributed by atoms with Crippen LogP contribution in [-0.4, -0.2) is 31.4 Å². The van der Waals surface area contributed by atoms with Crippen LogP contribution in [0.25, 0.3) is 0 Å². The highest BCUT2D eigenvalue weighted by Gasteiger charge is 2.30. The van der Waals surface area contributed by atoms with E-state index in [9.17, 15) is 14.4 Å². The molecule has 1 N–H and O–H groups in total. The van der Waals surface area contributed by atoms with Gasteiger partial charge >= 0.3 is 5.97 Å². The van der Waals surface area contributed by atoms with Gasteiger partial charge < -0.3 is 19.7 Å². The summed E-state index contributed by atoms with van der Waals surface area (Å²) in [6.45, 7) is 4.17. The maximum atomic E-state index is 13.9. The van der Waals surface area contributed by atoms with Crippen molar-refractivity contribution in [3.63, 3.8) is 0 Å². The standard InChI is InChI=1S/C34H31ClN2O5/c1-21-7-4-5-8-27(21)32(38)36-25-13-16-28(22(2)19-25)33(39)37-18-6-9-31(29-20-24(35)12-17-30(29)37)42-34(40)23-10-14-26(41-3)15-11-23/h4-5,7-8,10-17,19-20,31H,6,9,18H2,1-3H3,(H,36,38). The van der Waals surface area contributed by atoms with Gasteiger partial charge in [0.2, 0.25) is 0 Å². The van der Waals surface area contributed by atoms with E-state index in [0.29, 0.717) is 63.8 Å². The van der Waals surface area contributed by atoms with Crippen molar-refractivity contribution in [3.8, 4) is 5.75 Å². The molecule has 214 valence electrons. The van der Waals surface area contributed by atoms with Gasteiger partial charge in [-0.3, -0.25) is 9.59 Å². The number of methoxy groups -OCH3 is 1. The molecule has 5 rings (SSSR count). The summed E-state index contributed by atoms with van der Waals surface area (Å²) in [5.74, 6) is -0.216. The van der Waals surface area contributed by atoms with Crippen molar-refractivity contribution in [1.29, 1.82) is 0 Å². The quantitative estimate of drug-likeness (QED) is 0.237. The summed E-state index contributed by atoms with van der Waals surface area (Å²) in [5, 5.41) is 3.41. The highest BCUT2D eigenvalue weighted by atomic mass is 35.5. The van der Waals surface area contributed by atoms with Crippen LogP contribution in [0.15, 0.2) is 84.9 Å². The molecule has 0 spiro atoms. The zero-order chi connectivity index (χ0) is 29.8. The lowest BCUT2D eigenvalue weighted by Crippen LogP contribution is -2.32. The van der Waals surface area contributed by atoms with Crippen LogP contribution < -0.4 is 15.0 Å². The van der Waals surface area contributed by atoms with Gasteiger partial charge in [0.25, 0.3) is 11.8 Å². The van der Waals surface area contributed by atoms with E-state index in [2.05, 4.69) is 5.32 Å². The number of esters is 1. The van der Waals surface area contributed by atoms with Gasteiger partial charge in [-0.15, -0.1) is 0 Å². The number of hydrogen-bond donors (Lipinski definition) is 1. The van der Waals surface area contributed by atoms with Crippen LogP contribution in [0.1, 0.15) is 66.7 Å². The molecule has 4 aromatic carbocycles. The van der Waals surface area contributed by atoms with Gasteiger partial charge in [0, 0.05) is 33.9 Å². The molecule has 1 heterocycles. The smallest absolute Gasteiger partial charge is 0.338 e. The van der Waals surface area contributed by atoms with Gasteiger partial charge in [0.1, 0.15) is 11.9 Å². The van der Waals surface area contributed by atoms with Crippen molar-refractivity contribution >= 4 is 40.8 Å². The van der Waals surface area contributed by atoms with Gasteiger partial charge in [-0.1, -0.05) is 29.8 Å². The summed E-state index contributed by atoms with van der Waals surface area (Å²) >= 11 is 6.37. The molecule has 1 unspecified atom stereocenters. The van der Waals surface area contributed by atoms with Crippen LogP contribution in [0.2, 0.25) is 5.02 Å². The summed E-state index contributed by atoms with van der Waals surface area (Å²) < 4.78 is 11.1. The van der Waals surface area contributed by atoms with Crippen LogP contribution in [0.5, 0.6) is 5.75 Å². The van der Waals surface area contributed by atoms with Gasteiger partial charge in [-0.05, 0) is 105 Å². The molecule has 0 bridgehead atoms. The summed E-state index contributed by atoms with van der Waals surface area (Å²) in [5.41, 5.74) is 5.04. The number of halogens is 1. The summed E-state index contributed by atoms with van der Waals surface area (Å²) in [6, 6.07) is 24.6. The predicted octanol–water partition coefficient (Wildman–Crippen LogP) is 7.56. The molecule has 7 nitrogen and oxygen atoms in total. The van der Waals surface area contributed by atoms with Crippen molar-refractivity contribution in [2.75, 3.05) is 23.9 Å². The minimum absolute atomic E-state index is 0.185. The molecule has 0 radical (unpaired) electrons. The Hall–Kier alpha value is -4.62. The largest absolute Gasteiger partial charge is 0.497 e. The lowest BCUT2D eigenvalue weighted by Gasteiger charge is -2.25. The fraction of sp³-hybridized carbons (Fsp3) is 0.206. The second-order valence-corrected chi connectivity index (χ2v) is 10.7. The average molecular weight is 583 g/mol. The highest BCUT2D eigenvalue weighted by Crippen LogP contribution is 2.38. The van der Waals surface area contributed by atoms with Crippen LogP contribution in [0, 0.1) is 13.8 Å². The summed E-state index contributed by atoms with van der Waals surface area (Å²) in [4.78, 5) is 41.4. The number of carbonyl (C=O) groups is 3. The molecule has 42 heavy (non-hydrogen) atoms. The number of hydrogen-bond acceptors (Lipinski definition) is 5. The molecule has 1 aliphatic rings. The van der Waals surface area contributed by atoms with Crippen molar-refractivity contribution in [2.45, 2.75) is 32.8 Å². The van der Waals surface area contributed by atoms with Crippen molar-refractivity contribution in [2.24, 2.45) is 0 Å². The molecule has 0 fully saturated rings. The highest BCUT2D eigenvalue weighted by molar-refractivity contribution is 6.30. The second kappa shape index (κ2) is 12.5. The molecule has 0 aliphatic carbocycles. The zero-order valence-electron chi connectivity index (χ0n) is 23.6. The third kappa shape index (κ3) is 6.16. The number of aryl methyl sites for hydroxylation is 2. The van der Waals surface area contributed by atoms with Crippen LogP contribution in [0.4, 0.5) is 11.4 Å². The minimum atomic E-state index is -0.578. The van der Waals surface area contributed by atoms with Crippen molar-refractivity contribution in [3.05, 3.63) is 123 Å². The molecule has 8 heteroatoms. The maximum Gasteiger partial charge on any atom is 0.338 e. The van der Waals surface area contributed by atoms with Crippen molar-refractivity contribution in [1.82, 2.24) is 0 Å². The Morgan fingerprint density at radius 1 is 0.881 bits per heavy atom. The Morgan fingerprint density at radius 3 is 2.36 bits per heavy atom. The Bertz CT molecular complexity index is 1650. The van der Waals surface area contributed by atoms with E-state index in [1.165, 1.54) is 0 Å². The molecule has 1 atom stereocenters. The monoisotopic (exact) mass is 582 g/mol. The number of anilines is 2. The number of carbonyl (C=O) groups excluding carboxylic acids is 3. The maximum absolute atomic E-state index is 13.9. The first-order valence-electron chi connectivity index (χ1n) is 13.7. The van der Waals surface area contributed by atoms with Crippen LogP contribution in [0.3, 0.4) is 0 Å². The molecular weight excluding hydrogens is 552 g/mol. The number of benzene rings is 4. The Kier molecular flexibility index (Phi) is 8.59. The van der Waals surface area contributed by atoms with Gasteiger partial charge in [-0.25, -0.2) is 4.79 Å². The van der Waals surface area contributed by atoms with E-state index in [1.807, 2.05) is 32.0 Å². The lowest BCUT2D eigenvalue weighted by atomic mass is 10.0. The first kappa shape index (κ1) is 28.9. The average Bonchev–Trinajstić information content (AvgIpc) is 3.16. The van der Waals surface area contributed by atoms with E-state index in [0.717, 1.165) is 11.1 Å². The first-order valence-corrected chi connectivity index (χ1v) is 14.1. The van der Waals surface area contributed by atoms with Gasteiger partial charge in [0.05, 0.1) is 18.4 Å². The van der Waals surface area contributed by atoms with Crippen LogP contribution in [-0.2, 0) is 4.74 Å². The molecule has 2 amide bonds. The first-order chi connectivity index (χ1) is 20.2. The SMILES string of the molecule is COc1ccc(C(=O)OC2CCCN(C(=O)c3ccc(NC(=O)c4ccccc4C)cc3C)c3ccc(Cl)cc32)cc1. The minimum Gasteiger partial charge on any atom is -0.497 e. The predicted molar refractivity (Wildman–Crippen MR) is 164 cm³/mol. The Morgan fingerprint density at radius 2 is 1.64 bits per heavy atom. The summed E-state index contributed by atoms with van der Waals surface area (Å²) in [7, 11) is 1.56. The molecule has 0 saturated heterocycles. The normalized spacial score (nSPS) is 14.4. The van der Waals surface area contributed by atoms with Gasteiger partial charge in [0.15, 0.2) is 0 Å². The number of amides is 2. The molecular formula is C34H31ClN2O5. The molecule has 1 aliphatic heterocycles.